The summed E-state index contributed by atoms with van der Waals surface area (Å²) in [4.78, 5) is 0. The molecule has 122 valence electrons. The van der Waals surface area contributed by atoms with Crippen LogP contribution in [0, 0.1) is 0 Å². The van der Waals surface area contributed by atoms with Gasteiger partial charge in [-0.1, -0.05) is 138 Å². The van der Waals surface area contributed by atoms with Crippen LogP contribution in [0.25, 0.3) is 0 Å². The highest BCUT2D eigenvalue weighted by Gasteiger charge is 1.87. The molecule has 0 heteroatoms. The Hall–Kier alpha value is -1.56. The average molecular weight is 299 g/mol. The van der Waals surface area contributed by atoms with Gasteiger partial charge in [-0.2, -0.15) is 0 Å². The molecule has 0 N–H and O–H groups in total. The van der Waals surface area contributed by atoms with Gasteiger partial charge in [0, 0.05) is 0 Å². The molecule has 0 nitrogen and oxygen atoms in total. The van der Waals surface area contributed by atoms with Gasteiger partial charge in [-0.25, -0.2) is 0 Å². The van der Waals surface area contributed by atoms with E-state index in [2.05, 4.69) is 13.8 Å². The van der Waals surface area contributed by atoms with Crippen LogP contribution in [-0.2, 0) is 0 Å². The molecule has 0 saturated carbocycles. The molecule has 0 atom stereocenters. The van der Waals surface area contributed by atoms with E-state index in [1.165, 1.54) is 51.4 Å². The quantitative estimate of drug-likeness (QED) is 0.464. The fourth-order valence-electron chi connectivity index (χ4n) is 1.98. The highest BCUT2D eigenvalue weighted by molar-refractivity contribution is 4.99. The number of unbranched alkanes of at least 4 members (excludes halogenated alkanes) is 7. The van der Waals surface area contributed by atoms with Crippen molar-refractivity contribution < 1.29 is 0 Å². The summed E-state index contributed by atoms with van der Waals surface area (Å²) in [5.41, 5.74) is 0. The molecule has 2 aromatic carbocycles. The first-order chi connectivity index (χ1) is 10.9. The van der Waals surface area contributed by atoms with Crippen molar-refractivity contribution in [3.63, 3.8) is 0 Å². The minimum atomic E-state index is 1.37. The second-order valence-corrected chi connectivity index (χ2v) is 5.43. The number of rotatable bonds is 7. The van der Waals surface area contributed by atoms with Crippen LogP contribution in [0.4, 0.5) is 0 Å². The second-order valence-electron chi connectivity index (χ2n) is 5.43. The first-order valence-corrected chi connectivity index (χ1v) is 8.91. The maximum atomic E-state index is 2.27. The second kappa shape index (κ2) is 19.4. The zero-order chi connectivity index (χ0) is 16.1. The SMILES string of the molecule is CCCCCCCCCC.c1ccccc1.c1ccccc1. The monoisotopic (exact) mass is 298 g/mol. The maximum Gasteiger partial charge on any atom is -0.0533 e. The number of hydrogen-bond donors (Lipinski definition) is 0. The third kappa shape index (κ3) is 18.4. The predicted molar refractivity (Wildman–Crippen MR) is 101 cm³/mol. The molecule has 0 radical (unpaired) electrons. The van der Waals surface area contributed by atoms with Crippen molar-refractivity contribution in [2.45, 2.75) is 65.2 Å². The minimum Gasteiger partial charge on any atom is -0.0654 e. The lowest BCUT2D eigenvalue weighted by Gasteiger charge is -1.97. The Kier molecular flexibility index (Phi) is 18.1. The molecule has 0 unspecified atom stereocenters. The summed E-state index contributed by atoms with van der Waals surface area (Å²) in [5.74, 6) is 0. The fourth-order valence-corrected chi connectivity index (χ4v) is 1.98. The molecule has 0 aliphatic rings. The smallest absolute Gasteiger partial charge is 0.0533 e. The first kappa shape index (κ1) is 20.4. The lowest BCUT2D eigenvalue weighted by atomic mass is 10.1. The number of hydrogen-bond acceptors (Lipinski definition) is 0. The van der Waals surface area contributed by atoms with Crippen LogP contribution in [0.5, 0.6) is 0 Å². The summed E-state index contributed by atoms with van der Waals surface area (Å²) in [6.45, 7) is 4.54. The first-order valence-electron chi connectivity index (χ1n) is 8.91. The molecule has 2 aromatic rings. The van der Waals surface area contributed by atoms with E-state index in [4.69, 9.17) is 0 Å². The van der Waals surface area contributed by atoms with E-state index in [0.717, 1.165) is 0 Å². The summed E-state index contributed by atoms with van der Waals surface area (Å²) in [6, 6.07) is 24.0. The summed E-state index contributed by atoms with van der Waals surface area (Å²) < 4.78 is 0. The molecule has 22 heavy (non-hydrogen) atoms. The topological polar surface area (TPSA) is 0 Å². The van der Waals surface area contributed by atoms with Crippen LogP contribution in [-0.4, -0.2) is 0 Å². The van der Waals surface area contributed by atoms with Crippen LogP contribution in [0.1, 0.15) is 65.2 Å². The Morgan fingerprint density at radius 1 is 0.318 bits per heavy atom. The third-order valence-electron chi connectivity index (χ3n) is 3.29. The predicted octanol–water partition coefficient (Wildman–Crippen LogP) is 7.52. The maximum absolute atomic E-state index is 2.27. The van der Waals surface area contributed by atoms with E-state index in [-0.39, 0.29) is 0 Å². The highest BCUT2D eigenvalue weighted by Crippen LogP contribution is 2.07. The van der Waals surface area contributed by atoms with Gasteiger partial charge in [0.05, 0.1) is 0 Å². The Bertz CT molecular complexity index is 273. The Balaban J connectivity index is 0.000000315. The van der Waals surface area contributed by atoms with Crippen molar-refractivity contribution in [3.05, 3.63) is 72.8 Å². The molecular formula is C22H34. The van der Waals surface area contributed by atoms with Crippen LogP contribution in [0.2, 0.25) is 0 Å². The largest absolute Gasteiger partial charge is 0.0654 e. The normalized spacial score (nSPS) is 9.00. The molecule has 0 aliphatic heterocycles. The van der Waals surface area contributed by atoms with Gasteiger partial charge in [-0.15, -0.1) is 0 Å². The molecule has 0 spiro atoms. The van der Waals surface area contributed by atoms with E-state index in [1.54, 1.807) is 0 Å². The molecule has 0 aliphatic carbocycles. The molecule has 0 fully saturated rings. The molecule has 0 saturated heterocycles. The molecule has 0 bridgehead atoms. The van der Waals surface area contributed by atoms with Crippen molar-refractivity contribution in [3.8, 4) is 0 Å². The molecule has 0 amide bonds. The molecular weight excluding hydrogens is 264 g/mol. The highest BCUT2D eigenvalue weighted by atomic mass is 13.9. The zero-order valence-corrected chi connectivity index (χ0v) is 14.6. The van der Waals surface area contributed by atoms with E-state index >= 15 is 0 Å². The van der Waals surface area contributed by atoms with Crippen molar-refractivity contribution in [1.29, 1.82) is 0 Å². The Morgan fingerprint density at radius 3 is 0.682 bits per heavy atom. The van der Waals surface area contributed by atoms with Crippen molar-refractivity contribution >= 4 is 0 Å². The molecule has 0 aromatic heterocycles. The van der Waals surface area contributed by atoms with Crippen LogP contribution in [0.3, 0.4) is 0 Å². The van der Waals surface area contributed by atoms with Gasteiger partial charge < -0.3 is 0 Å². The van der Waals surface area contributed by atoms with Gasteiger partial charge in [0.1, 0.15) is 0 Å². The summed E-state index contributed by atoms with van der Waals surface area (Å²) in [7, 11) is 0. The minimum absolute atomic E-state index is 1.37. The average Bonchev–Trinajstić information content (AvgIpc) is 2.62. The van der Waals surface area contributed by atoms with Gasteiger partial charge in [0.2, 0.25) is 0 Å². The standard InChI is InChI=1S/C10H22.2C6H6/c1-3-5-7-9-10-8-6-4-2;2*1-2-4-6-5-3-1/h3-10H2,1-2H3;2*1-6H. The molecule has 2 rings (SSSR count). The van der Waals surface area contributed by atoms with Gasteiger partial charge in [-0.05, 0) is 0 Å². The summed E-state index contributed by atoms with van der Waals surface area (Å²) >= 11 is 0. The van der Waals surface area contributed by atoms with E-state index < -0.39 is 0 Å². The Labute approximate surface area is 138 Å². The van der Waals surface area contributed by atoms with Crippen LogP contribution < -0.4 is 0 Å². The summed E-state index contributed by atoms with van der Waals surface area (Å²) in [5, 5.41) is 0. The van der Waals surface area contributed by atoms with Crippen LogP contribution in [0.15, 0.2) is 72.8 Å². The van der Waals surface area contributed by atoms with Crippen molar-refractivity contribution in [1.82, 2.24) is 0 Å². The molecule has 0 heterocycles. The van der Waals surface area contributed by atoms with E-state index in [9.17, 15) is 0 Å². The third-order valence-corrected chi connectivity index (χ3v) is 3.29. The number of benzene rings is 2. The van der Waals surface area contributed by atoms with Crippen LogP contribution >= 0.6 is 0 Å². The zero-order valence-electron chi connectivity index (χ0n) is 14.6. The lowest BCUT2D eigenvalue weighted by molar-refractivity contribution is 0.585. The van der Waals surface area contributed by atoms with Crippen molar-refractivity contribution in [2.75, 3.05) is 0 Å². The van der Waals surface area contributed by atoms with Crippen molar-refractivity contribution in [2.24, 2.45) is 0 Å². The Morgan fingerprint density at radius 2 is 0.500 bits per heavy atom. The van der Waals surface area contributed by atoms with Gasteiger partial charge >= 0.3 is 0 Å². The van der Waals surface area contributed by atoms with Gasteiger partial charge in [0.25, 0.3) is 0 Å². The lowest BCUT2D eigenvalue weighted by Crippen LogP contribution is -1.77. The van der Waals surface area contributed by atoms with E-state index in [1.807, 2.05) is 72.8 Å². The summed E-state index contributed by atoms with van der Waals surface area (Å²) in [6.07, 6.45) is 11.5. The van der Waals surface area contributed by atoms with E-state index in [0.29, 0.717) is 0 Å². The van der Waals surface area contributed by atoms with Gasteiger partial charge in [0.15, 0.2) is 0 Å². The van der Waals surface area contributed by atoms with Gasteiger partial charge in [-0.3, -0.25) is 0 Å². The fraction of sp³-hybridized carbons (Fsp3) is 0.455.